The van der Waals surface area contributed by atoms with Gasteiger partial charge in [-0.25, -0.2) is 32.2 Å². The third-order valence-corrected chi connectivity index (χ3v) is 9.90. The van der Waals surface area contributed by atoms with Gasteiger partial charge >= 0.3 is 0 Å². The number of hydrogen-bond donors (Lipinski definition) is 3. The first kappa shape index (κ1) is 32.1. The maximum absolute atomic E-state index is 14.3. The number of nitrogens with one attached hydrogen (secondary N) is 2. The van der Waals surface area contributed by atoms with Crippen LogP contribution in [0.3, 0.4) is 0 Å². The second-order valence-corrected chi connectivity index (χ2v) is 14.8. The number of fused-ring (bicyclic) bond motifs is 1. The minimum Gasteiger partial charge on any atom is -0.326 e. The number of rotatable bonds is 9. The van der Waals surface area contributed by atoms with Gasteiger partial charge in [-0.1, -0.05) is 66.9 Å². The topological polar surface area (TPSA) is 165 Å². The monoisotopic (exact) mass is 660 g/mol. The molecule has 0 bridgehead atoms. The number of halogens is 1. The lowest BCUT2D eigenvalue weighted by Gasteiger charge is -2.49. The predicted molar refractivity (Wildman–Crippen MR) is 164 cm³/mol. The van der Waals surface area contributed by atoms with Crippen molar-refractivity contribution >= 4 is 43.5 Å². The van der Waals surface area contributed by atoms with Crippen LogP contribution in [0.1, 0.15) is 64.7 Å². The maximum Gasteiger partial charge on any atom is 0.255 e. The number of nitrogens with two attached hydrogens (primary N) is 1. The third kappa shape index (κ3) is 7.14. The van der Waals surface area contributed by atoms with Crippen molar-refractivity contribution in [1.29, 1.82) is 0 Å². The number of nitrogens with zero attached hydrogens (tertiary/aromatic N) is 1. The molecule has 1 heterocycles. The first-order valence-electron chi connectivity index (χ1n) is 14.0. The van der Waals surface area contributed by atoms with Crippen LogP contribution in [0.15, 0.2) is 77.7 Å². The van der Waals surface area contributed by atoms with E-state index in [1.165, 1.54) is 24.3 Å². The second kappa shape index (κ2) is 13.0. The van der Waals surface area contributed by atoms with Gasteiger partial charge in [-0.2, -0.15) is 0 Å². The van der Waals surface area contributed by atoms with Crippen LogP contribution >= 0.6 is 11.6 Å². The molecule has 44 heavy (non-hydrogen) atoms. The summed E-state index contributed by atoms with van der Waals surface area (Å²) < 4.78 is 50.5. The smallest absolute Gasteiger partial charge is 0.255 e. The zero-order valence-electron chi connectivity index (χ0n) is 23.8. The molecule has 2 aliphatic rings. The zero-order valence-corrected chi connectivity index (χ0v) is 26.2. The van der Waals surface area contributed by atoms with Crippen LogP contribution in [0.25, 0.3) is 0 Å². The molecule has 3 aromatic rings. The number of hydrogen-bond acceptors (Lipinski definition) is 7. The van der Waals surface area contributed by atoms with E-state index in [1.54, 1.807) is 53.4 Å². The summed E-state index contributed by atoms with van der Waals surface area (Å²) in [5.74, 6) is -1.73. The van der Waals surface area contributed by atoms with Crippen LogP contribution in [-0.4, -0.2) is 51.9 Å². The molecule has 1 saturated carbocycles. The Bertz CT molecular complexity index is 1750. The van der Waals surface area contributed by atoms with Crippen LogP contribution in [0.5, 0.6) is 0 Å². The van der Waals surface area contributed by atoms with Crippen LogP contribution < -0.4 is 15.3 Å². The Kier molecular flexibility index (Phi) is 9.44. The average molecular weight is 661 g/mol. The Morgan fingerprint density at radius 1 is 0.977 bits per heavy atom. The average Bonchev–Trinajstić information content (AvgIpc) is 2.97. The van der Waals surface area contributed by atoms with Crippen molar-refractivity contribution < 1.29 is 31.3 Å². The molecule has 2 amide bonds. The van der Waals surface area contributed by atoms with E-state index in [1.807, 2.05) is 0 Å². The molecule has 0 radical (unpaired) electrons. The van der Waals surface area contributed by atoms with Gasteiger partial charge in [0, 0.05) is 22.7 Å². The van der Waals surface area contributed by atoms with Crippen molar-refractivity contribution in [2.45, 2.75) is 61.2 Å². The summed E-state index contributed by atoms with van der Waals surface area (Å²) in [7, 11) is -7.44. The van der Waals surface area contributed by atoms with Crippen LogP contribution in [0, 0.1) is 0 Å². The van der Waals surface area contributed by atoms with Crippen molar-refractivity contribution in [3.05, 3.63) is 100 Å². The van der Waals surface area contributed by atoms with Crippen LogP contribution in [0.4, 0.5) is 0 Å². The molecule has 1 fully saturated rings. The number of carbonyl (C=O) groups is 2. The summed E-state index contributed by atoms with van der Waals surface area (Å²) in [6, 6.07) is 17.6. The lowest BCUT2D eigenvalue weighted by atomic mass is 9.76. The van der Waals surface area contributed by atoms with E-state index < -0.39 is 50.0 Å². The highest BCUT2D eigenvalue weighted by molar-refractivity contribution is 7.89. The number of sulfonamides is 2. The molecule has 14 heteroatoms. The Hall–Kier alpha value is -3.33. The van der Waals surface area contributed by atoms with Gasteiger partial charge in [0.05, 0.1) is 29.7 Å². The Labute approximate surface area is 261 Å². The molecule has 5 rings (SSSR count). The number of hydroxylamine groups is 1. The molecule has 234 valence electrons. The van der Waals surface area contributed by atoms with E-state index in [2.05, 4.69) is 10.2 Å². The molecule has 0 aromatic heterocycles. The van der Waals surface area contributed by atoms with Crippen LogP contribution in [0.2, 0.25) is 5.02 Å². The lowest BCUT2D eigenvalue weighted by Crippen LogP contribution is -2.59. The SMILES string of the molecule is CS(=O)(=O)N[C@H]1CCCC[C@@H]1N1C(=O)c2ccccc2[C@@H](C(=O)NOCc2ccc(S(N)(=O)=O)cc2)[C@@H]1c1ccc(Cl)cc1. The van der Waals surface area contributed by atoms with Gasteiger partial charge in [0.1, 0.15) is 0 Å². The zero-order chi connectivity index (χ0) is 31.6. The number of amides is 2. The van der Waals surface area contributed by atoms with Gasteiger partial charge in [-0.3, -0.25) is 14.4 Å². The third-order valence-electron chi connectivity index (χ3n) is 7.99. The minimum atomic E-state index is -3.85. The standard InChI is InChI=1S/C30H33ClN4O7S2/c1-43(38,39)34-25-8-4-5-9-26(25)35-28(20-12-14-21(31)15-13-20)27(23-6-2-3-7-24(23)30(35)37)29(36)33-42-18-19-10-16-22(17-11-19)44(32,40)41/h2-3,6-7,10-17,25-28,34H,4-5,8-9,18H2,1H3,(H,33,36)(H2,32,40,41)/t25-,26-,27+,28-/m0/s1. The summed E-state index contributed by atoms with van der Waals surface area (Å²) >= 11 is 6.20. The predicted octanol–water partition coefficient (Wildman–Crippen LogP) is 3.38. The first-order valence-corrected chi connectivity index (χ1v) is 17.8. The van der Waals surface area contributed by atoms with Crippen molar-refractivity contribution in [1.82, 2.24) is 15.1 Å². The lowest BCUT2D eigenvalue weighted by molar-refractivity contribution is -0.138. The van der Waals surface area contributed by atoms with Crippen LogP contribution in [-0.2, 0) is 36.3 Å². The van der Waals surface area contributed by atoms with Crippen molar-refractivity contribution in [2.75, 3.05) is 6.26 Å². The summed E-state index contributed by atoms with van der Waals surface area (Å²) in [4.78, 5) is 35.5. The summed E-state index contributed by atoms with van der Waals surface area (Å²) in [6.45, 7) is -0.0672. The van der Waals surface area contributed by atoms with Crippen molar-refractivity contribution in [3.63, 3.8) is 0 Å². The van der Waals surface area contributed by atoms with Crippen molar-refractivity contribution in [3.8, 4) is 0 Å². The van der Waals surface area contributed by atoms with Gasteiger partial charge in [-0.15, -0.1) is 0 Å². The fraction of sp³-hybridized carbons (Fsp3) is 0.333. The Morgan fingerprint density at radius 3 is 2.30 bits per heavy atom. The summed E-state index contributed by atoms with van der Waals surface area (Å²) in [5.41, 5.74) is 4.63. The second-order valence-electron chi connectivity index (χ2n) is 11.1. The fourth-order valence-corrected chi connectivity index (χ4v) is 7.57. The normalized spacial score (nSPS) is 22.3. The highest BCUT2D eigenvalue weighted by Crippen LogP contribution is 2.46. The number of primary sulfonamides is 1. The molecule has 3 aromatic carbocycles. The van der Waals surface area contributed by atoms with E-state index in [0.29, 0.717) is 40.1 Å². The molecule has 0 saturated heterocycles. The van der Waals surface area contributed by atoms with Gasteiger partial charge in [-0.05, 0) is 59.9 Å². The molecule has 1 aliphatic heterocycles. The molecule has 0 unspecified atom stereocenters. The first-order chi connectivity index (χ1) is 20.8. The highest BCUT2D eigenvalue weighted by Gasteiger charge is 2.49. The van der Waals surface area contributed by atoms with E-state index in [4.69, 9.17) is 21.6 Å². The van der Waals surface area contributed by atoms with E-state index in [9.17, 15) is 26.4 Å². The van der Waals surface area contributed by atoms with Gasteiger partial charge in [0.2, 0.25) is 20.0 Å². The summed E-state index contributed by atoms with van der Waals surface area (Å²) in [6.07, 6.45) is 3.77. The number of benzene rings is 3. The molecular weight excluding hydrogens is 628 g/mol. The van der Waals surface area contributed by atoms with E-state index in [0.717, 1.165) is 19.1 Å². The van der Waals surface area contributed by atoms with Gasteiger partial charge in [0.25, 0.3) is 11.8 Å². The Balaban J connectivity index is 1.51. The maximum atomic E-state index is 14.3. The molecule has 11 nitrogen and oxygen atoms in total. The number of carbonyl (C=O) groups excluding carboxylic acids is 2. The highest BCUT2D eigenvalue weighted by atomic mass is 35.5. The molecular formula is C30H33ClN4O7S2. The molecule has 4 atom stereocenters. The van der Waals surface area contributed by atoms with Crippen molar-refractivity contribution in [2.24, 2.45) is 5.14 Å². The quantitative estimate of drug-likeness (QED) is 0.296. The summed E-state index contributed by atoms with van der Waals surface area (Å²) in [5, 5.41) is 5.65. The molecule has 0 spiro atoms. The minimum absolute atomic E-state index is 0.0500. The molecule has 4 N–H and O–H groups in total. The van der Waals surface area contributed by atoms with E-state index >= 15 is 0 Å². The van der Waals surface area contributed by atoms with Gasteiger partial charge in [0.15, 0.2) is 0 Å². The Morgan fingerprint density at radius 2 is 1.64 bits per heavy atom. The fourth-order valence-electron chi connectivity index (χ4n) is 6.10. The largest absolute Gasteiger partial charge is 0.326 e. The molecule has 1 aliphatic carbocycles. The van der Waals surface area contributed by atoms with E-state index in [-0.39, 0.29) is 17.4 Å². The van der Waals surface area contributed by atoms with Gasteiger partial charge < -0.3 is 4.90 Å².